The van der Waals surface area contributed by atoms with E-state index in [9.17, 15) is 4.79 Å². The van der Waals surface area contributed by atoms with E-state index in [0.717, 1.165) is 80.7 Å². The van der Waals surface area contributed by atoms with E-state index >= 15 is 0 Å². The van der Waals surface area contributed by atoms with E-state index in [-0.39, 0.29) is 29.9 Å². The molecule has 3 aromatic rings. The average Bonchev–Trinajstić information content (AvgIpc) is 3.43. The fourth-order valence-electron chi connectivity index (χ4n) is 6.07. The van der Waals surface area contributed by atoms with Crippen LogP contribution < -0.4 is 21.1 Å². The summed E-state index contributed by atoms with van der Waals surface area (Å²) in [5.74, 6) is 1.23. The smallest absolute Gasteiger partial charge is 0.322 e. The molecule has 0 radical (unpaired) electrons. The summed E-state index contributed by atoms with van der Waals surface area (Å²) in [6.45, 7) is 7.11. The van der Waals surface area contributed by atoms with Gasteiger partial charge in [-0.1, -0.05) is 32.1 Å². The largest absolute Gasteiger partial charge is 0.460 e. The van der Waals surface area contributed by atoms with E-state index in [1.165, 1.54) is 0 Å². The van der Waals surface area contributed by atoms with Crippen molar-refractivity contribution in [1.82, 2.24) is 29.4 Å². The quantitative estimate of drug-likeness (QED) is 0.269. The van der Waals surface area contributed by atoms with Crippen molar-refractivity contribution >= 4 is 28.9 Å². The predicted octanol–water partition coefficient (Wildman–Crippen LogP) is 4.65. The molecule has 1 aliphatic carbocycles. The molecule has 1 atom stereocenters. The van der Waals surface area contributed by atoms with E-state index in [0.29, 0.717) is 17.9 Å². The number of carbonyl (C=O) groups excluding carboxylic acids is 1. The number of piperidine rings is 1. The van der Waals surface area contributed by atoms with E-state index < -0.39 is 0 Å². The fourth-order valence-corrected chi connectivity index (χ4v) is 6.07. The van der Waals surface area contributed by atoms with E-state index in [1.54, 1.807) is 4.52 Å². The van der Waals surface area contributed by atoms with E-state index in [2.05, 4.69) is 58.6 Å². The third-order valence-electron chi connectivity index (χ3n) is 8.84. The number of nitrogens with one attached hydrogen (secondary N) is 2. The maximum Gasteiger partial charge on any atom is 0.322 e. The highest BCUT2D eigenvalue weighted by Gasteiger charge is 2.29. The van der Waals surface area contributed by atoms with Crippen molar-refractivity contribution in [2.24, 2.45) is 17.6 Å². The number of anilines is 3. The number of hydrogen-bond donors (Lipinski definition) is 3. The Morgan fingerprint density at radius 2 is 1.84 bits per heavy atom. The Morgan fingerprint density at radius 3 is 2.55 bits per heavy atom. The number of nitrogens with two attached hydrogens (primary N) is 1. The summed E-state index contributed by atoms with van der Waals surface area (Å²) in [4.78, 5) is 27.1. The molecule has 4 N–H and O–H groups in total. The maximum atomic E-state index is 13.2. The van der Waals surface area contributed by atoms with Crippen LogP contribution in [0.2, 0.25) is 0 Å². The van der Waals surface area contributed by atoms with Crippen molar-refractivity contribution in [2.75, 3.05) is 51.4 Å². The maximum absolute atomic E-state index is 13.2. The van der Waals surface area contributed by atoms with Gasteiger partial charge < -0.3 is 30.9 Å². The molecule has 2 aromatic heterocycles. The minimum absolute atomic E-state index is 0.0138. The van der Waals surface area contributed by atoms with Crippen LogP contribution in [-0.2, 0) is 4.79 Å². The minimum Gasteiger partial charge on any atom is -0.460 e. The van der Waals surface area contributed by atoms with Gasteiger partial charge in [-0.25, -0.2) is 0 Å². The number of amides is 1. The van der Waals surface area contributed by atoms with Crippen LogP contribution in [0.15, 0.2) is 42.6 Å². The highest BCUT2D eigenvalue weighted by atomic mass is 16.5. The third kappa shape index (κ3) is 8.13. The van der Waals surface area contributed by atoms with E-state index in [1.807, 2.05) is 44.6 Å². The summed E-state index contributed by atoms with van der Waals surface area (Å²) in [5, 5.41) is 11.1. The monoisotopic (exact) mass is 603 g/mol. The summed E-state index contributed by atoms with van der Waals surface area (Å²) >= 11 is 0. The first-order valence-electron chi connectivity index (χ1n) is 16.0. The van der Waals surface area contributed by atoms with Crippen LogP contribution in [0, 0.1) is 11.8 Å². The summed E-state index contributed by atoms with van der Waals surface area (Å²) in [6.07, 6.45) is 11.7. The molecular formula is C33H49N9O2. The first-order valence-corrected chi connectivity index (χ1v) is 16.0. The molecule has 0 spiro atoms. The van der Waals surface area contributed by atoms with Crippen molar-refractivity contribution in [2.45, 2.75) is 70.4 Å². The molecule has 44 heavy (non-hydrogen) atoms. The lowest BCUT2D eigenvalue weighted by atomic mass is 9.78. The van der Waals surface area contributed by atoms with Crippen molar-refractivity contribution in [3.05, 3.63) is 48.2 Å². The normalized spacial score (nSPS) is 20.9. The van der Waals surface area contributed by atoms with Crippen LogP contribution in [0.25, 0.3) is 5.65 Å². The molecule has 11 nitrogen and oxygen atoms in total. The third-order valence-corrected chi connectivity index (χ3v) is 8.84. The van der Waals surface area contributed by atoms with Gasteiger partial charge in [0.15, 0.2) is 5.65 Å². The zero-order valence-corrected chi connectivity index (χ0v) is 26.9. The molecule has 0 bridgehead atoms. The van der Waals surface area contributed by atoms with Gasteiger partial charge in [-0.2, -0.15) is 19.6 Å². The number of rotatable bonds is 11. The van der Waals surface area contributed by atoms with Gasteiger partial charge in [0.25, 0.3) is 0 Å². The zero-order chi connectivity index (χ0) is 31.2. The van der Waals surface area contributed by atoms with Crippen LogP contribution in [0.5, 0.6) is 6.01 Å². The highest BCUT2D eigenvalue weighted by Crippen LogP contribution is 2.32. The number of carbonyl (C=O) groups is 1. The Morgan fingerprint density at radius 1 is 1.11 bits per heavy atom. The SMILES string of the molecule is CC(C)c1cnn2c(Nc3cccc(NC(=O)C4CCC(C(N)C=CCN(C)C)CC4)c3)nc(OC3CCN(C)CC3)nc12. The first-order chi connectivity index (χ1) is 21.2. The summed E-state index contributed by atoms with van der Waals surface area (Å²) in [5.41, 5.74) is 9.72. The molecule has 1 amide bonds. The molecular weight excluding hydrogens is 554 g/mol. The second kappa shape index (κ2) is 14.5. The van der Waals surface area contributed by atoms with Gasteiger partial charge in [-0.05, 0) is 89.7 Å². The molecule has 2 aliphatic rings. The van der Waals surface area contributed by atoms with E-state index in [4.69, 9.17) is 20.4 Å². The molecule has 2 fully saturated rings. The molecule has 1 saturated heterocycles. The second-order valence-electron chi connectivity index (χ2n) is 13.0. The number of likely N-dealkylation sites (N-methyl/N-ethyl adjacent to an activating group) is 1. The first kappa shape index (κ1) is 31.9. The Labute approximate surface area is 261 Å². The Balaban J connectivity index is 1.25. The molecule has 1 aliphatic heterocycles. The fraction of sp³-hybridized carbons (Fsp3) is 0.576. The molecule has 3 heterocycles. The van der Waals surface area contributed by atoms with Crippen LogP contribution in [0.4, 0.5) is 17.3 Å². The van der Waals surface area contributed by atoms with Gasteiger partial charge in [0.1, 0.15) is 6.10 Å². The van der Waals surface area contributed by atoms with Gasteiger partial charge >= 0.3 is 6.01 Å². The Bertz CT molecular complexity index is 1420. The summed E-state index contributed by atoms with van der Waals surface area (Å²) in [6, 6.07) is 8.10. The van der Waals surface area contributed by atoms with Gasteiger partial charge in [0, 0.05) is 48.5 Å². The lowest BCUT2D eigenvalue weighted by Crippen LogP contribution is -2.36. The average molecular weight is 604 g/mol. The topological polar surface area (TPSA) is 126 Å². The zero-order valence-electron chi connectivity index (χ0n) is 26.9. The number of nitrogens with zero attached hydrogens (tertiary/aromatic N) is 6. The molecule has 11 heteroatoms. The predicted molar refractivity (Wildman–Crippen MR) is 175 cm³/mol. The molecule has 238 valence electrons. The lowest BCUT2D eigenvalue weighted by molar-refractivity contribution is -0.121. The standard InChI is InChI=1S/C33H49N9O2/c1-22(2)28-21-35-42-30(28)38-33(44-27-15-18-41(5)19-16-27)39-32(42)37-26-9-6-8-25(20-26)36-31(43)24-13-11-23(12-14-24)29(34)10-7-17-40(3)4/h6-10,20-24,27,29H,11-19,34H2,1-5H3,(H,36,43)(H,37,38,39). The number of ether oxygens (including phenoxy) is 1. The van der Waals surface area contributed by atoms with Crippen LogP contribution in [-0.4, -0.2) is 88.2 Å². The van der Waals surface area contributed by atoms with Crippen molar-refractivity contribution in [3.8, 4) is 6.01 Å². The lowest BCUT2D eigenvalue weighted by Gasteiger charge is -2.30. The number of benzene rings is 1. The Kier molecular flexibility index (Phi) is 10.5. The minimum atomic E-state index is -0.0138. The second-order valence-corrected chi connectivity index (χ2v) is 13.0. The van der Waals surface area contributed by atoms with Gasteiger partial charge in [0.05, 0.1) is 6.20 Å². The van der Waals surface area contributed by atoms with Crippen LogP contribution in [0.3, 0.4) is 0 Å². The van der Waals surface area contributed by atoms with Crippen molar-refractivity contribution in [1.29, 1.82) is 0 Å². The molecule has 1 unspecified atom stereocenters. The van der Waals surface area contributed by atoms with Gasteiger partial charge in [-0.3, -0.25) is 4.79 Å². The molecule has 5 rings (SSSR count). The van der Waals surface area contributed by atoms with Crippen LogP contribution in [0.1, 0.15) is 63.9 Å². The highest BCUT2D eigenvalue weighted by molar-refractivity contribution is 5.93. The molecule has 1 saturated carbocycles. The summed E-state index contributed by atoms with van der Waals surface area (Å²) in [7, 11) is 6.22. The van der Waals surface area contributed by atoms with Crippen molar-refractivity contribution < 1.29 is 9.53 Å². The Hall–Kier alpha value is -3.54. The summed E-state index contributed by atoms with van der Waals surface area (Å²) < 4.78 is 8.01. The van der Waals surface area contributed by atoms with Gasteiger partial charge in [0.2, 0.25) is 11.9 Å². The van der Waals surface area contributed by atoms with Crippen LogP contribution >= 0.6 is 0 Å². The number of hydrogen-bond acceptors (Lipinski definition) is 9. The van der Waals surface area contributed by atoms with Crippen molar-refractivity contribution in [3.63, 3.8) is 0 Å². The number of likely N-dealkylation sites (tertiary alicyclic amines) is 1. The van der Waals surface area contributed by atoms with Gasteiger partial charge in [-0.15, -0.1) is 0 Å². The number of fused-ring (bicyclic) bond motifs is 1. The molecule has 1 aromatic carbocycles. The number of aromatic nitrogens is 4.